The molecule has 1 aromatic carbocycles. The highest BCUT2D eigenvalue weighted by Crippen LogP contribution is 2.59. The van der Waals surface area contributed by atoms with Gasteiger partial charge in [0.1, 0.15) is 0 Å². The molecule has 10 heteroatoms. The summed E-state index contributed by atoms with van der Waals surface area (Å²) in [5.74, 6) is 0.643. The summed E-state index contributed by atoms with van der Waals surface area (Å²) in [6.07, 6.45) is 2.54. The van der Waals surface area contributed by atoms with Gasteiger partial charge in [0.05, 0.1) is 6.04 Å². The van der Waals surface area contributed by atoms with Crippen molar-refractivity contribution in [1.29, 1.82) is 0 Å². The molecule has 1 unspecified atom stereocenters. The van der Waals surface area contributed by atoms with Crippen LogP contribution in [-0.4, -0.2) is 52.7 Å². The normalized spacial score (nSPS) is 27.2. The molecule has 1 fully saturated rings. The Bertz CT molecular complexity index is 938. The third-order valence-corrected chi connectivity index (χ3v) is 7.67. The molecule has 0 saturated carbocycles. The van der Waals surface area contributed by atoms with E-state index >= 15 is 0 Å². The number of aromatic nitrogens is 2. The number of amidine groups is 2. The molecule has 4 rings (SSSR count). The minimum Gasteiger partial charge on any atom is -0.353 e. The number of hydrogen-bond acceptors (Lipinski definition) is 7. The summed E-state index contributed by atoms with van der Waals surface area (Å²) in [7, 11) is -0.586. The first kappa shape index (κ1) is 19.3. The first-order chi connectivity index (χ1) is 14.1. The van der Waals surface area contributed by atoms with Crippen LogP contribution >= 0.6 is 10.3 Å². The first-order valence-electron chi connectivity index (χ1n) is 9.29. The van der Waals surface area contributed by atoms with Crippen molar-refractivity contribution in [3.63, 3.8) is 0 Å². The van der Waals surface area contributed by atoms with Crippen LogP contribution < -0.4 is 15.6 Å². The number of aliphatic imine (C=N–C) groups is 1. The number of nitrogens with one attached hydrogen (secondary N) is 2. The van der Waals surface area contributed by atoms with E-state index in [9.17, 15) is 4.79 Å². The Morgan fingerprint density at radius 3 is 2.83 bits per heavy atom. The molecule has 3 heterocycles. The average Bonchev–Trinajstić information content (AvgIpc) is 3.35. The lowest BCUT2D eigenvalue weighted by Crippen LogP contribution is -2.34. The Hall–Kier alpha value is -2.98. The van der Waals surface area contributed by atoms with Gasteiger partial charge in [0, 0.05) is 48.5 Å². The van der Waals surface area contributed by atoms with E-state index in [1.807, 2.05) is 42.5 Å². The fraction of sp³-hybridized carbons (Fsp3) is 0.316. The maximum atomic E-state index is 11.8. The molecule has 2 aliphatic rings. The van der Waals surface area contributed by atoms with E-state index in [0.717, 1.165) is 30.2 Å². The summed E-state index contributed by atoms with van der Waals surface area (Å²) < 4.78 is 6.04. The van der Waals surface area contributed by atoms with Crippen LogP contribution in [0.4, 0.5) is 5.82 Å². The van der Waals surface area contributed by atoms with Gasteiger partial charge in [-0.3, -0.25) is 15.2 Å². The Balaban J connectivity index is 1.65. The first-order valence-corrected chi connectivity index (χ1v) is 10.8. The van der Waals surface area contributed by atoms with Crippen molar-refractivity contribution < 1.29 is 8.98 Å². The van der Waals surface area contributed by atoms with Crippen LogP contribution in [0.1, 0.15) is 13.3 Å². The molecule has 0 aliphatic carbocycles. The predicted octanol–water partition coefficient (Wildman–Crippen LogP) is 1.85. The zero-order valence-electron chi connectivity index (χ0n) is 16.3. The Kier molecular flexibility index (Phi) is 5.45. The van der Waals surface area contributed by atoms with Crippen molar-refractivity contribution in [2.75, 3.05) is 25.1 Å². The molecule has 2 N–H and O–H groups in total. The Morgan fingerprint density at radius 2 is 2.14 bits per heavy atom. The molecule has 1 amide bonds. The lowest BCUT2D eigenvalue weighted by Gasteiger charge is -2.34. The summed E-state index contributed by atoms with van der Waals surface area (Å²) in [5, 5.41) is 16.4. The molecule has 2 aromatic rings. The number of anilines is 1. The van der Waals surface area contributed by atoms with Crippen molar-refractivity contribution in [2.45, 2.75) is 24.3 Å². The summed E-state index contributed by atoms with van der Waals surface area (Å²) in [5.41, 5.74) is 3.02. The number of amides is 1. The number of hydrogen-bond donors (Lipinski definition) is 2. The van der Waals surface area contributed by atoms with Gasteiger partial charge < -0.3 is 14.4 Å². The van der Waals surface area contributed by atoms with Crippen LogP contribution in [-0.2, 0) is 8.98 Å². The third-order valence-electron chi connectivity index (χ3n) is 4.75. The van der Waals surface area contributed by atoms with Crippen LogP contribution in [0.3, 0.4) is 0 Å². The van der Waals surface area contributed by atoms with Gasteiger partial charge in [0.15, 0.2) is 11.0 Å². The van der Waals surface area contributed by atoms with Gasteiger partial charge in [-0.1, -0.05) is 18.2 Å². The molecule has 9 nitrogen and oxygen atoms in total. The second kappa shape index (κ2) is 8.18. The quantitative estimate of drug-likeness (QED) is 0.793. The second-order valence-corrected chi connectivity index (χ2v) is 9.34. The maximum Gasteiger partial charge on any atom is 0.222 e. The Morgan fingerprint density at radius 1 is 1.31 bits per heavy atom. The number of hydrazone groups is 1. The van der Waals surface area contributed by atoms with E-state index in [-0.39, 0.29) is 11.9 Å². The highest BCUT2D eigenvalue weighted by Gasteiger charge is 2.44. The molecule has 152 valence electrons. The van der Waals surface area contributed by atoms with E-state index in [4.69, 9.17) is 9.18 Å². The van der Waals surface area contributed by atoms with Gasteiger partial charge in [-0.15, -0.1) is 10.2 Å². The zero-order valence-corrected chi connectivity index (χ0v) is 17.1. The van der Waals surface area contributed by atoms with Gasteiger partial charge in [0.25, 0.3) is 0 Å². The maximum absolute atomic E-state index is 11.8. The SMILES string of the molecule is COS1(c2ccccc2)C(=N[C@@H]2CCN(c3cccnn3)C2)NN=C1NC(C)=O. The Labute approximate surface area is 170 Å². The van der Waals surface area contributed by atoms with Gasteiger partial charge in [-0.25, -0.2) is 0 Å². The van der Waals surface area contributed by atoms with Gasteiger partial charge in [0.2, 0.25) is 11.1 Å². The lowest BCUT2D eigenvalue weighted by molar-refractivity contribution is -0.117. The topological polar surface area (TPSA) is 104 Å². The molecule has 29 heavy (non-hydrogen) atoms. The molecular weight excluding hydrogens is 390 g/mol. The van der Waals surface area contributed by atoms with Crippen molar-refractivity contribution in [3.8, 4) is 0 Å². The number of carbonyl (C=O) groups excluding carboxylic acids is 1. The third kappa shape index (κ3) is 3.68. The molecule has 0 spiro atoms. The molecule has 0 bridgehead atoms. The number of carbonyl (C=O) groups is 1. The van der Waals surface area contributed by atoms with Crippen LogP contribution in [0, 0.1) is 0 Å². The van der Waals surface area contributed by atoms with E-state index in [1.54, 1.807) is 13.3 Å². The number of nitrogens with zero attached hydrogens (tertiary/aromatic N) is 5. The fourth-order valence-corrected chi connectivity index (χ4v) is 6.06. The molecule has 1 saturated heterocycles. The van der Waals surface area contributed by atoms with Crippen LogP contribution in [0.2, 0.25) is 0 Å². The standard InChI is InChI=1S/C19H23N7O2S/c1-14(27)21-18-24-25-19(29(18,28-2)16-7-4-3-5-8-16)22-15-10-12-26(13-15)17-9-6-11-20-23-17/h3-9,11,15H,10,12-13H2,1-2H3,(H,22,25)(H,21,24,27)/t15-/m1/s1. The molecule has 2 aliphatic heterocycles. The molecular formula is C19H23N7O2S. The highest BCUT2D eigenvalue weighted by atomic mass is 32.3. The van der Waals surface area contributed by atoms with Gasteiger partial charge in [-0.05, 0) is 30.7 Å². The minimum atomic E-state index is -2.21. The van der Waals surface area contributed by atoms with E-state index in [1.165, 1.54) is 6.92 Å². The molecule has 1 aromatic heterocycles. The second-order valence-electron chi connectivity index (χ2n) is 6.65. The van der Waals surface area contributed by atoms with Crippen molar-refractivity contribution in [2.24, 2.45) is 10.1 Å². The highest BCUT2D eigenvalue weighted by molar-refractivity contribution is 8.52. The number of rotatable bonds is 4. The zero-order chi connectivity index (χ0) is 20.3. The summed E-state index contributed by atoms with van der Waals surface area (Å²) in [4.78, 5) is 19.8. The van der Waals surface area contributed by atoms with Crippen molar-refractivity contribution >= 4 is 32.4 Å². The van der Waals surface area contributed by atoms with E-state index in [0.29, 0.717) is 10.3 Å². The largest absolute Gasteiger partial charge is 0.353 e. The summed E-state index contributed by atoms with van der Waals surface area (Å²) in [6.45, 7) is 3.03. The van der Waals surface area contributed by atoms with Crippen LogP contribution in [0.25, 0.3) is 0 Å². The molecule has 2 atom stereocenters. The average molecular weight is 414 g/mol. The number of benzene rings is 1. The van der Waals surface area contributed by atoms with Gasteiger partial charge in [-0.2, -0.15) is 5.10 Å². The van der Waals surface area contributed by atoms with Crippen LogP contribution in [0.5, 0.6) is 0 Å². The summed E-state index contributed by atoms with van der Waals surface area (Å²) in [6, 6.07) is 13.6. The predicted molar refractivity (Wildman–Crippen MR) is 114 cm³/mol. The minimum absolute atomic E-state index is 0.0529. The van der Waals surface area contributed by atoms with E-state index < -0.39 is 10.3 Å². The van der Waals surface area contributed by atoms with Crippen molar-refractivity contribution in [3.05, 3.63) is 48.7 Å². The monoisotopic (exact) mass is 413 g/mol. The smallest absolute Gasteiger partial charge is 0.222 e. The van der Waals surface area contributed by atoms with Crippen molar-refractivity contribution in [1.82, 2.24) is 20.9 Å². The van der Waals surface area contributed by atoms with Crippen LogP contribution in [0.15, 0.2) is 63.7 Å². The fourth-order valence-electron chi connectivity index (χ4n) is 3.44. The lowest BCUT2D eigenvalue weighted by atomic mass is 10.3. The molecule has 0 radical (unpaired) electrons. The van der Waals surface area contributed by atoms with E-state index in [2.05, 4.69) is 30.9 Å². The van der Waals surface area contributed by atoms with Gasteiger partial charge >= 0.3 is 0 Å². The summed E-state index contributed by atoms with van der Waals surface area (Å²) >= 11 is 0.